The molecule has 282 valence electrons. The summed E-state index contributed by atoms with van der Waals surface area (Å²) in [5, 5.41) is 13.0. The molecule has 0 unspecified atom stereocenters. The average Bonchev–Trinajstić information content (AvgIpc) is 3.55. The summed E-state index contributed by atoms with van der Waals surface area (Å²) in [7, 11) is 1.62. The van der Waals surface area contributed by atoms with Crippen LogP contribution in [0.5, 0.6) is 5.75 Å². The molecule has 1 aliphatic carbocycles. The first-order valence-corrected chi connectivity index (χ1v) is 18.4. The predicted molar refractivity (Wildman–Crippen MR) is 196 cm³/mol. The van der Waals surface area contributed by atoms with Crippen molar-refractivity contribution in [3.63, 3.8) is 0 Å². The SMILES string of the molecule is COc1cc(C)c(-c2cc([C@@H](CC(=O)O)NC(=O)[C@H](CC(C)C)n3cc(C4CCN(C(C)C)CC4)c(C(F)(F)F)cc3=O)cc3c2CCC3)c(C)c1. The van der Waals surface area contributed by atoms with Gasteiger partial charge in [-0.05, 0) is 154 Å². The molecular weight excluding hydrogens is 671 g/mol. The van der Waals surface area contributed by atoms with Crippen LogP contribution in [0.25, 0.3) is 11.1 Å². The summed E-state index contributed by atoms with van der Waals surface area (Å²) in [5.74, 6) is -1.53. The van der Waals surface area contributed by atoms with Crippen LogP contribution in [0.3, 0.4) is 0 Å². The van der Waals surface area contributed by atoms with Crippen LogP contribution in [0.15, 0.2) is 41.3 Å². The van der Waals surface area contributed by atoms with Crippen LogP contribution in [0, 0.1) is 19.8 Å². The number of carboxylic acid groups (broad SMARTS) is 1. The van der Waals surface area contributed by atoms with Crippen LogP contribution in [0.4, 0.5) is 13.2 Å². The minimum atomic E-state index is -4.74. The molecular formula is C41H52F3N3O5. The molecule has 2 aliphatic rings. The van der Waals surface area contributed by atoms with Gasteiger partial charge in [-0.2, -0.15) is 13.2 Å². The number of likely N-dealkylation sites (tertiary alicyclic amines) is 1. The number of ether oxygens (including phenoxy) is 1. The molecule has 1 aliphatic heterocycles. The molecule has 2 heterocycles. The van der Waals surface area contributed by atoms with E-state index in [1.54, 1.807) is 7.11 Å². The van der Waals surface area contributed by atoms with Crippen molar-refractivity contribution >= 4 is 11.9 Å². The molecule has 5 rings (SSSR count). The molecule has 2 atom stereocenters. The van der Waals surface area contributed by atoms with Gasteiger partial charge in [0.25, 0.3) is 5.56 Å². The van der Waals surface area contributed by atoms with E-state index in [2.05, 4.69) is 24.1 Å². The van der Waals surface area contributed by atoms with Crippen molar-refractivity contribution < 1.29 is 32.6 Å². The maximum atomic E-state index is 14.4. The minimum Gasteiger partial charge on any atom is -0.497 e. The number of alkyl halides is 3. The fraction of sp³-hybridized carbons (Fsp3) is 0.537. The summed E-state index contributed by atoms with van der Waals surface area (Å²) in [6, 6.07) is 6.65. The summed E-state index contributed by atoms with van der Waals surface area (Å²) in [6.45, 7) is 13.1. The lowest BCUT2D eigenvalue weighted by Crippen LogP contribution is -2.41. The van der Waals surface area contributed by atoms with Gasteiger partial charge in [0, 0.05) is 18.3 Å². The lowest BCUT2D eigenvalue weighted by molar-refractivity contribution is -0.139. The van der Waals surface area contributed by atoms with Gasteiger partial charge in [-0.1, -0.05) is 19.9 Å². The number of piperidine rings is 1. The number of carboxylic acids is 1. The van der Waals surface area contributed by atoms with Crippen molar-refractivity contribution in [2.75, 3.05) is 20.2 Å². The molecule has 3 aromatic rings. The zero-order valence-electron chi connectivity index (χ0n) is 31.3. The highest BCUT2D eigenvalue weighted by atomic mass is 19.4. The number of benzene rings is 2. The zero-order valence-corrected chi connectivity index (χ0v) is 31.3. The number of halogens is 3. The Bertz CT molecular complexity index is 1830. The fourth-order valence-electron chi connectivity index (χ4n) is 8.22. The third-order valence-electron chi connectivity index (χ3n) is 10.8. The number of carbonyl (C=O) groups excluding carboxylic acids is 1. The Morgan fingerprint density at radius 3 is 2.21 bits per heavy atom. The number of nitrogens with one attached hydrogen (secondary N) is 1. The van der Waals surface area contributed by atoms with Crippen LogP contribution < -0.4 is 15.6 Å². The maximum absolute atomic E-state index is 14.4. The number of hydrogen-bond acceptors (Lipinski definition) is 5. The number of rotatable bonds is 12. The Labute approximate surface area is 304 Å². The number of aromatic nitrogens is 1. The second-order valence-electron chi connectivity index (χ2n) is 15.3. The zero-order chi connectivity index (χ0) is 38.1. The molecule has 1 amide bonds. The van der Waals surface area contributed by atoms with Gasteiger partial charge in [-0.3, -0.25) is 14.4 Å². The van der Waals surface area contributed by atoms with E-state index < -0.39 is 53.6 Å². The van der Waals surface area contributed by atoms with Crippen molar-refractivity contribution in [3.05, 3.63) is 85.8 Å². The molecule has 1 saturated heterocycles. The van der Waals surface area contributed by atoms with Gasteiger partial charge in [0.05, 0.1) is 25.1 Å². The van der Waals surface area contributed by atoms with Gasteiger partial charge >= 0.3 is 12.1 Å². The molecule has 1 fully saturated rings. The third kappa shape index (κ3) is 8.56. The number of aliphatic carboxylic acids is 1. The Kier molecular flexibility index (Phi) is 11.9. The first-order valence-electron chi connectivity index (χ1n) is 18.4. The second kappa shape index (κ2) is 15.9. The molecule has 0 saturated carbocycles. The van der Waals surface area contributed by atoms with Crippen molar-refractivity contribution in [2.24, 2.45) is 5.92 Å². The van der Waals surface area contributed by atoms with Gasteiger partial charge in [0.15, 0.2) is 0 Å². The highest BCUT2D eigenvalue weighted by Crippen LogP contribution is 2.41. The Morgan fingerprint density at radius 1 is 1.00 bits per heavy atom. The normalized spacial score (nSPS) is 16.6. The van der Waals surface area contributed by atoms with Crippen LogP contribution in [-0.2, 0) is 28.6 Å². The molecule has 1 aromatic heterocycles. The number of methoxy groups -OCH3 is 1. The molecule has 2 N–H and O–H groups in total. The molecule has 52 heavy (non-hydrogen) atoms. The van der Waals surface area contributed by atoms with Crippen LogP contribution >= 0.6 is 0 Å². The standard InChI is InChI=1S/C41H52F3N3O5/c1-23(2)15-36(47-22-33(34(20-37(47)48)41(42,43)44)27-11-13-46(14-12-27)24(3)4)40(51)45-35(21-38(49)50)29-18-28-9-8-10-31(28)32(19-29)39-25(5)16-30(52-7)17-26(39)6/h16-20,22-24,27,35-36H,8-15,21H2,1-7H3,(H,45,51)(H,49,50)/t35-,36+/m1/s1. The van der Waals surface area contributed by atoms with Crippen molar-refractivity contribution in [1.29, 1.82) is 0 Å². The third-order valence-corrected chi connectivity index (χ3v) is 10.8. The van der Waals surface area contributed by atoms with Crippen molar-refractivity contribution in [1.82, 2.24) is 14.8 Å². The number of hydrogen-bond donors (Lipinski definition) is 2. The topological polar surface area (TPSA) is 101 Å². The molecule has 0 radical (unpaired) electrons. The predicted octanol–water partition coefficient (Wildman–Crippen LogP) is 8.16. The van der Waals surface area contributed by atoms with Gasteiger partial charge in [0.2, 0.25) is 5.91 Å². The second-order valence-corrected chi connectivity index (χ2v) is 15.3. The number of pyridine rings is 1. The molecule has 11 heteroatoms. The van der Waals surface area contributed by atoms with Gasteiger partial charge < -0.3 is 24.6 Å². The highest BCUT2D eigenvalue weighted by Gasteiger charge is 2.39. The van der Waals surface area contributed by atoms with Gasteiger partial charge in [0.1, 0.15) is 11.8 Å². The van der Waals surface area contributed by atoms with E-state index in [1.807, 2.05) is 52.0 Å². The van der Waals surface area contributed by atoms with Crippen molar-refractivity contribution in [2.45, 2.75) is 117 Å². The van der Waals surface area contributed by atoms with Crippen LogP contribution in [0.1, 0.15) is 117 Å². The van der Waals surface area contributed by atoms with Gasteiger partial charge in [-0.25, -0.2) is 0 Å². The van der Waals surface area contributed by atoms with Crippen molar-refractivity contribution in [3.8, 4) is 16.9 Å². The Balaban J connectivity index is 1.56. The minimum absolute atomic E-state index is 0.0210. The number of fused-ring (bicyclic) bond motifs is 1. The van der Waals surface area contributed by atoms with E-state index in [0.717, 1.165) is 57.4 Å². The summed E-state index contributed by atoms with van der Waals surface area (Å²) in [6.07, 6.45) is -0.111. The summed E-state index contributed by atoms with van der Waals surface area (Å²) in [5.41, 5.74) is 5.08. The highest BCUT2D eigenvalue weighted by molar-refractivity contribution is 5.82. The first-order chi connectivity index (χ1) is 24.5. The number of carbonyl (C=O) groups is 2. The fourth-order valence-corrected chi connectivity index (χ4v) is 8.22. The number of nitrogens with zero attached hydrogens (tertiary/aromatic N) is 2. The molecule has 2 aromatic carbocycles. The van der Waals surface area contributed by atoms with E-state index in [0.29, 0.717) is 37.6 Å². The monoisotopic (exact) mass is 723 g/mol. The van der Waals surface area contributed by atoms with E-state index in [9.17, 15) is 32.7 Å². The Morgan fingerprint density at radius 2 is 1.65 bits per heavy atom. The van der Waals surface area contributed by atoms with Crippen LogP contribution in [-0.4, -0.2) is 52.7 Å². The average molecular weight is 724 g/mol. The maximum Gasteiger partial charge on any atom is 0.416 e. The van der Waals surface area contributed by atoms with Gasteiger partial charge in [-0.15, -0.1) is 0 Å². The van der Waals surface area contributed by atoms with E-state index in [4.69, 9.17) is 4.74 Å². The largest absolute Gasteiger partial charge is 0.497 e. The first kappa shape index (κ1) is 39.1. The van der Waals surface area contributed by atoms with E-state index in [1.165, 1.54) is 11.8 Å². The summed E-state index contributed by atoms with van der Waals surface area (Å²) < 4.78 is 49.9. The number of aryl methyl sites for hydroxylation is 3. The summed E-state index contributed by atoms with van der Waals surface area (Å²) in [4.78, 5) is 42.4. The van der Waals surface area contributed by atoms with E-state index in [-0.39, 0.29) is 23.9 Å². The lowest BCUT2D eigenvalue weighted by atomic mass is 9.86. The number of amides is 1. The Hall–Kier alpha value is -4.12. The molecule has 0 spiro atoms. The molecule has 0 bridgehead atoms. The lowest BCUT2D eigenvalue weighted by Gasteiger charge is -2.36. The van der Waals surface area contributed by atoms with E-state index >= 15 is 0 Å². The summed E-state index contributed by atoms with van der Waals surface area (Å²) >= 11 is 0. The quantitative estimate of drug-likeness (QED) is 0.196. The molecule has 8 nitrogen and oxygen atoms in total. The van der Waals surface area contributed by atoms with Crippen LogP contribution in [0.2, 0.25) is 0 Å². The smallest absolute Gasteiger partial charge is 0.416 e.